The first-order chi connectivity index (χ1) is 9.40. The fourth-order valence-electron chi connectivity index (χ4n) is 1.74. The summed E-state index contributed by atoms with van der Waals surface area (Å²) < 4.78 is -0.0363. The van der Waals surface area contributed by atoms with Crippen LogP contribution >= 0.6 is 11.3 Å². The number of carbonyl (C=O) groups is 2. The minimum absolute atomic E-state index is 0.390. The average Bonchev–Trinajstić information content (AvgIpc) is 2.35. The Morgan fingerprint density at radius 1 is 1.35 bits per heavy atom. The van der Waals surface area contributed by atoms with Crippen molar-refractivity contribution in [2.75, 3.05) is 6.54 Å². The number of carbonyl (C=O) groups excluding carboxylic acids is 1. The number of hydrogen-bond donors (Lipinski definition) is 3. The van der Waals surface area contributed by atoms with Crippen LogP contribution in [-0.2, 0) is 4.79 Å². The molecule has 6 nitrogen and oxygen atoms in total. The zero-order valence-corrected chi connectivity index (χ0v) is 11.3. The molecule has 2 aromatic rings. The predicted molar refractivity (Wildman–Crippen MR) is 74.5 cm³/mol. The summed E-state index contributed by atoms with van der Waals surface area (Å²) in [5.74, 6) is -2.55. The number of carboxylic acid groups (broad SMARTS) is 1. The molecule has 3 N–H and O–H groups in total. The summed E-state index contributed by atoms with van der Waals surface area (Å²) in [5.41, 5.74) is 0.503. The SMILES string of the molecule is Cc1ccc2c(O)c(C(=O)NCC(=O)O)c(=O)sc2c1. The summed E-state index contributed by atoms with van der Waals surface area (Å²) in [6.07, 6.45) is 0. The number of nitrogens with one attached hydrogen (secondary N) is 1. The Morgan fingerprint density at radius 3 is 2.70 bits per heavy atom. The lowest BCUT2D eigenvalue weighted by Gasteiger charge is -2.07. The van der Waals surface area contributed by atoms with Crippen LogP contribution in [0.15, 0.2) is 23.0 Å². The monoisotopic (exact) mass is 293 g/mol. The Kier molecular flexibility index (Phi) is 3.71. The molecule has 0 fully saturated rings. The fraction of sp³-hybridized carbons (Fsp3) is 0.154. The van der Waals surface area contributed by atoms with E-state index in [4.69, 9.17) is 5.11 Å². The molecule has 0 radical (unpaired) electrons. The van der Waals surface area contributed by atoms with Crippen molar-refractivity contribution >= 4 is 33.3 Å². The lowest BCUT2D eigenvalue weighted by molar-refractivity contribution is -0.135. The van der Waals surface area contributed by atoms with Crippen molar-refractivity contribution in [1.29, 1.82) is 0 Å². The molecule has 7 heteroatoms. The van der Waals surface area contributed by atoms with Gasteiger partial charge >= 0.3 is 5.97 Å². The third-order valence-corrected chi connectivity index (χ3v) is 3.61. The quantitative estimate of drug-likeness (QED) is 0.786. The second kappa shape index (κ2) is 5.30. The summed E-state index contributed by atoms with van der Waals surface area (Å²) in [4.78, 5) is 34.1. The van der Waals surface area contributed by atoms with Crippen LogP contribution in [-0.4, -0.2) is 28.6 Å². The highest BCUT2D eigenvalue weighted by atomic mass is 32.1. The van der Waals surface area contributed by atoms with Crippen molar-refractivity contribution in [3.05, 3.63) is 38.9 Å². The van der Waals surface area contributed by atoms with E-state index in [2.05, 4.69) is 5.32 Å². The first-order valence-electron chi connectivity index (χ1n) is 5.66. The van der Waals surface area contributed by atoms with Gasteiger partial charge in [0.15, 0.2) is 0 Å². The lowest BCUT2D eigenvalue weighted by Crippen LogP contribution is -2.32. The van der Waals surface area contributed by atoms with Crippen LogP contribution in [0.25, 0.3) is 10.1 Å². The van der Waals surface area contributed by atoms with Crippen LogP contribution in [0.2, 0.25) is 0 Å². The van der Waals surface area contributed by atoms with Gasteiger partial charge in [-0.05, 0) is 24.6 Å². The standard InChI is InChI=1S/C13H11NO5S/c1-6-2-3-7-8(4-6)20-13(19)10(11(7)17)12(18)14-5-9(15)16/h2-4,17H,5H2,1H3,(H,14,18)(H,15,16). The van der Waals surface area contributed by atoms with Gasteiger partial charge in [0, 0.05) is 10.1 Å². The number of fused-ring (bicyclic) bond motifs is 1. The molecule has 0 unspecified atom stereocenters. The topological polar surface area (TPSA) is 104 Å². The van der Waals surface area contributed by atoms with Crippen molar-refractivity contribution in [1.82, 2.24) is 5.32 Å². The van der Waals surface area contributed by atoms with Crippen molar-refractivity contribution in [2.45, 2.75) is 6.92 Å². The Morgan fingerprint density at radius 2 is 2.05 bits per heavy atom. The van der Waals surface area contributed by atoms with Gasteiger partial charge in [0.05, 0.1) is 0 Å². The number of aryl methyl sites for hydroxylation is 1. The molecule has 0 aliphatic carbocycles. The molecular formula is C13H11NO5S. The average molecular weight is 293 g/mol. The number of aliphatic carboxylic acids is 1. The highest BCUT2D eigenvalue weighted by Crippen LogP contribution is 2.29. The van der Waals surface area contributed by atoms with Crippen LogP contribution in [0.1, 0.15) is 15.9 Å². The number of amides is 1. The molecule has 0 saturated heterocycles. The zero-order chi connectivity index (χ0) is 14.9. The summed E-state index contributed by atoms with van der Waals surface area (Å²) in [6.45, 7) is 1.23. The molecule has 1 amide bonds. The van der Waals surface area contributed by atoms with E-state index in [1.165, 1.54) is 0 Å². The van der Waals surface area contributed by atoms with Gasteiger partial charge in [-0.3, -0.25) is 14.4 Å². The van der Waals surface area contributed by atoms with Gasteiger partial charge in [0.2, 0.25) is 4.74 Å². The largest absolute Gasteiger partial charge is 0.506 e. The lowest BCUT2D eigenvalue weighted by atomic mass is 10.1. The zero-order valence-electron chi connectivity index (χ0n) is 10.5. The van der Waals surface area contributed by atoms with E-state index in [1.807, 2.05) is 6.92 Å². The van der Waals surface area contributed by atoms with Crippen LogP contribution in [0.5, 0.6) is 5.75 Å². The van der Waals surface area contributed by atoms with E-state index in [9.17, 15) is 19.5 Å². The first-order valence-corrected chi connectivity index (χ1v) is 6.48. The smallest absolute Gasteiger partial charge is 0.322 e. The highest BCUT2D eigenvalue weighted by Gasteiger charge is 2.19. The molecule has 1 aromatic heterocycles. The van der Waals surface area contributed by atoms with Crippen molar-refractivity contribution in [3.8, 4) is 5.75 Å². The van der Waals surface area contributed by atoms with Gasteiger partial charge in [0.25, 0.3) is 5.91 Å². The molecule has 0 atom stereocenters. The van der Waals surface area contributed by atoms with Crippen molar-refractivity contribution < 1.29 is 19.8 Å². The Labute approximate surface area is 117 Å². The van der Waals surface area contributed by atoms with E-state index in [0.29, 0.717) is 10.1 Å². The third-order valence-electron chi connectivity index (χ3n) is 2.66. The minimum Gasteiger partial charge on any atom is -0.506 e. The maximum Gasteiger partial charge on any atom is 0.322 e. The molecule has 0 aliphatic heterocycles. The number of rotatable bonds is 3. The molecular weight excluding hydrogens is 282 g/mol. The van der Waals surface area contributed by atoms with E-state index in [-0.39, 0.29) is 0 Å². The van der Waals surface area contributed by atoms with Crippen molar-refractivity contribution in [2.24, 2.45) is 0 Å². The maximum atomic E-state index is 11.9. The second-order valence-electron chi connectivity index (χ2n) is 4.19. The van der Waals surface area contributed by atoms with Gasteiger partial charge < -0.3 is 15.5 Å². The Hall–Kier alpha value is -2.41. The molecule has 0 aliphatic rings. The minimum atomic E-state index is -1.23. The molecule has 0 spiro atoms. The summed E-state index contributed by atoms with van der Waals surface area (Å²) in [7, 11) is 0. The van der Waals surface area contributed by atoms with Crippen molar-refractivity contribution in [3.63, 3.8) is 0 Å². The molecule has 1 aromatic carbocycles. The molecule has 104 valence electrons. The third kappa shape index (κ3) is 2.62. The molecule has 0 bridgehead atoms. The van der Waals surface area contributed by atoms with E-state index >= 15 is 0 Å². The summed E-state index contributed by atoms with van der Waals surface area (Å²) in [6, 6.07) is 5.10. The number of aromatic hydroxyl groups is 1. The van der Waals surface area contributed by atoms with Gasteiger partial charge in [-0.25, -0.2) is 0 Å². The van der Waals surface area contributed by atoms with E-state index in [0.717, 1.165) is 16.9 Å². The first kappa shape index (κ1) is 14.0. The molecule has 1 heterocycles. The normalized spacial score (nSPS) is 10.4. The predicted octanol–water partition coefficient (Wildman–Crippen LogP) is 1.09. The van der Waals surface area contributed by atoms with E-state index in [1.54, 1.807) is 18.2 Å². The second-order valence-corrected chi connectivity index (χ2v) is 5.20. The fourth-order valence-corrected chi connectivity index (χ4v) is 2.75. The van der Waals surface area contributed by atoms with Crippen LogP contribution in [0.3, 0.4) is 0 Å². The molecule has 0 saturated carbocycles. The Bertz CT molecular complexity index is 765. The number of benzene rings is 1. The van der Waals surface area contributed by atoms with E-state index < -0.39 is 34.5 Å². The van der Waals surface area contributed by atoms with Gasteiger partial charge in [-0.2, -0.15) is 0 Å². The van der Waals surface area contributed by atoms with Crippen LogP contribution in [0.4, 0.5) is 0 Å². The number of hydrogen-bond acceptors (Lipinski definition) is 5. The van der Waals surface area contributed by atoms with Gasteiger partial charge in [0.1, 0.15) is 17.9 Å². The van der Waals surface area contributed by atoms with Crippen LogP contribution < -0.4 is 10.1 Å². The molecule has 2 rings (SSSR count). The molecule has 20 heavy (non-hydrogen) atoms. The highest BCUT2D eigenvalue weighted by molar-refractivity contribution is 7.16. The maximum absolute atomic E-state index is 11.9. The van der Waals surface area contributed by atoms with Gasteiger partial charge in [-0.1, -0.05) is 17.4 Å². The Balaban J connectivity index is 2.54. The van der Waals surface area contributed by atoms with Gasteiger partial charge in [-0.15, -0.1) is 0 Å². The van der Waals surface area contributed by atoms with Crippen LogP contribution in [0, 0.1) is 6.92 Å². The summed E-state index contributed by atoms with van der Waals surface area (Å²) in [5, 5.41) is 21.0. The summed E-state index contributed by atoms with van der Waals surface area (Å²) >= 11 is 0.835. The number of carboxylic acids is 1.